The molecular formula is C5H4Cl2N2O4S2. The lowest BCUT2D eigenvalue weighted by molar-refractivity contribution is 0.608. The van der Waals surface area contributed by atoms with E-state index in [-0.39, 0.29) is 0 Å². The topological polar surface area (TPSA) is 107 Å². The maximum Gasteiger partial charge on any atom is 0.264 e. The summed E-state index contributed by atoms with van der Waals surface area (Å²) in [6.45, 7) is 0. The minimum absolute atomic E-state index is 0.546. The summed E-state index contributed by atoms with van der Waals surface area (Å²) in [7, 11) is 1.69. The Kier molecular flexibility index (Phi) is 3.15. The lowest BCUT2D eigenvalue weighted by atomic mass is 10.4. The van der Waals surface area contributed by atoms with E-state index < -0.39 is 33.6 Å². The van der Waals surface area contributed by atoms with Gasteiger partial charge in [0.25, 0.3) is 18.1 Å². The van der Waals surface area contributed by atoms with Gasteiger partial charge < -0.3 is 5.73 Å². The van der Waals surface area contributed by atoms with Crippen molar-refractivity contribution in [3.05, 3.63) is 12.4 Å². The van der Waals surface area contributed by atoms with Crippen molar-refractivity contribution in [2.45, 2.75) is 9.79 Å². The number of aromatic nitrogens is 1. The van der Waals surface area contributed by atoms with Crippen molar-refractivity contribution in [2.75, 3.05) is 5.73 Å². The Morgan fingerprint density at radius 2 is 1.33 bits per heavy atom. The first-order valence-corrected chi connectivity index (χ1v) is 7.88. The van der Waals surface area contributed by atoms with Gasteiger partial charge >= 0.3 is 0 Å². The van der Waals surface area contributed by atoms with Gasteiger partial charge in [0.1, 0.15) is 9.79 Å². The number of anilines is 1. The number of halogens is 2. The van der Waals surface area contributed by atoms with Gasteiger partial charge in [-0.1, -0.05) is 0 Å². The fourth-order valence-corrected chi connectivity index (χ4v) is 2.74. The van der Waals surface area contributed by atoms with Gasteiger partial charge in [0.05, 0.1) is 5.69 Å². The van der Waals surface area contributed by atoms with Gasteiger partial charge in [0.15, 0.2) is 0 Å². The third-order valence-electron chi connectivity index (χ3n) is 1.44. The van der Waals surface area contributed by atoms with Crippen LogP contribution in [0.25, 0.3) is 0 Å². The highest BCUT2D eigenvalue weighted by atomic mass is 35.7. The standard InChI is InChI=1S/C5H4Cl2N2O4S2/c6-14(10,11)3-1-9-2-4(5(3)8)15(7,12)13/h1-2H,(H2,8,9). The van der Waals surface area contributed by atoms with E-state index in [4.69, 9.17) is 27.1 Å². The van der Waals surface area contributed by atoms with Gasteiger partial charge in [0.2, 0.25) is 0 Å². The molecular weight excluding hydrogens is 287 g/mol. The molecule has 0 radical (unpaired) electrons. The monoisotopic (exact) mass is 290 g/mol. The largest absolute Gasteiger partial charge is 0.396 e. The van der Waals surface area contributed by atoms with E-state index in [0.717, 1.165) is 12.4 Å². The van der Waals surface area contributed by atoms with Crippen LogP contribution in [-0.4, -0.2) is 21.8 Å². The van der Waals surface area contributed by atoms with Crippen molar-refractivity contribution in [1.29, 1.82) is 0 Å². The first-order valence-electron chi connectivity index (χ1n) is 3.27. The van der Waals surface area contributed by atoms with E-state index in [1.54, 1.807) is 0 Å². The van der Waals surface area contributed by atoms with Crippen LogP contribution in [0.5, 0.6) is 0 Å². The summed E-state index contributed by atoms with van der Waals surface area (Å²) in [5.41, 5.74) is 4.74. The van der Waals surface area contributed by atoms with Gasteiger partial charge in [-0.15, -0.1) is 0 Å². The Balaban J connectivity index is 3.65. The zero-order valence-corrected chi connectivity index (χ0v) is 10.0. The number of hydrogen-bond acceptors (Lipinski definition) is 6. The Labute approximate surface area is 94.9 Å². The van der Waals surface area contributed by atoms with Crippen molar-refractivity contribution < 1.29 is 16.8 Å². The third kappa shape index (κ3) is 2.71. The molecule has 0 amide bonds. The van der Waals surface area contributed by atoms with Crippen LogP contribution in [0.15, 0.2) is 22.2 Å². The van der Waals surface area contributed by atoms with Crippen molar-refractivity contribution in [3.8, 4) is 0 Å². The molecule has 6 nitrogen and oxygen atoms in total. The Bertz CT molecular complexity index is 545. The molecule has 0 saturated heterocycles. The molecule has 2 N–H and O–H groups in total. The Morgan fingerprint density at radius 3 is 1.60 bits per heavy atom. The number of nitrogen functional groups attached to an aromatic ring is 1. The third-order valence-corrected chi connectivity index (χ3v) is 4.14. The van der Waals surface area contributed by atoms with E-state index in [9.17, 15) is 16.8 Å². The summed E-state index contributed by atoms with van der Waals surface area (Å²) in [4.78, 5) is 2.19. The van der Waals surface area contributed by atoms with Crippen LogP contribution in [-0.2, 0) is 18.1 Å². The summed E-state index contributed by atoms with van der Waals surface area (Å²) in [6, 6.07) is 0. The molecule has 0 aromatic carbocycles. The fourth-order valence-electron chi connectivity index (χ4n) is 0.822. The van der Waals surface area contributed by atoms with Crippen molar-refractivity contribution in [2.24, 2.45) is 0 Å². The summed E-state index contributed by atoms with van der Waals surface area (Å²) < 4.78 is 43.8. The molecule has 0 unspecified atom stereocenters. The predicted molar refractivity (Wildman–Crippen MR) is 54.7 cm³/mol. The fraction of sp³-hybridized carbons (Fsp3) is 0. The molecule has 1 aromatic rings. The lowest BCUT2D eigenvalue weighted by Gasteiger charge is -2.04. The van der Waals surface area contributed by atoms with Crippen LogP contribution in [0.3, 0.4) is 0 Å². The Morgan fingerprint density at radius 1 is 1.00 bits per heavy atom. The summed E-state index contributed by atoms with van der Waals surface area (Å²) in [5.74, 6) is 0. The number of hydrogen-bond donors (Lipinski definition) is 1. The van der Waals surface area contributed by atoms with Gasteiger partial charge in [-0.05, 0) is 0 Å². The van der Waals surface area contributed by atoms with Crippen LogP contribution >= 0.6 is 21.4 Å². The van der Waals surface area contributed by atoms with E-state index in [1.165, 1.54) is 0 Å². The highest BCUT2D eigenvalue weighted by Gasteiger charge is 2.22. The number of rotatable bonds is 2. The quantitative estimate of drug-likeness (QED) is 0.796. The molecule has 15 heavy (non-hydrogen) atoms. The molecule has 0 saturated carbocycles. The second-order valence-electron chi connectivity index (χ2n) is 2.43. The maximum atomic E-state index is 10.9. The summed E-state index contributed by atoms with van der Waals surface area (Å²) >= 11 is 0. The molecule has 10 heteroatoms. The second-order valence-corrected chi connectivity index (χ2v) is 7.49. The highest BCUT2D eigenvalue weighted by Crippen LogP contribution is 2.28. The van der Waals surface area contributed by atoms with Crippen molar-refractivity contribution in [1.82, 2.24) is 4.98 Å². The van der Waals surface area contributed by atoms with E-state index in [1.807, 2.05) is 0 Å². The molecule has 1 rings (SSSR count). The van der Waals surface area contributed by atoms with Crippen LogP contribution in [0.4, 0.5) is 5.69 Å². The normalized spacial score (nSPS) is 12.7. The Hall–Kier alpha value is -0.570. The number of pyridine rings is 1. The average molecular weight is 291 g/mol. The van der Waals surface area contributed by atoms with Gasteiger partial charge in [0, 0.05) is 33.8 Å². The van der Waals surface area contributed by atoms with Gasteiger partial charge in [-0.25, -0.2) is 16.8 Å². The van der Waals surface area contributed by atoms with Crippen molar-refractivity contribution in [3.63, 3.8) is 0 Å². The van der Waals surface area contributed by atoms with Gasteiger partial charge in [-0.2, -0.15) is 0 Å². The second kappa shape index (κ2) is 3.78. The zero-order chi connectivity index (χ0) is 11.9. The molecule has 0 spiro atoms. The molecule has 0 atom stereocenters. The van der Waals surface area contributed by atoms with Crippen LogP contribution in [0.2, 0.25) is 0 Å². The molecule has 0 fully saturated rings. The summed E-state index contributed by atoms with van der Waals surface area (Å²) in [6.07, 6.45) is 1.67. The van der Waals surface area contributed by atoms with Crippen LogP contribution in [0.1, 0.15) is 0 Å². The zero-order valence-electron chi connectivity index (χ0n) is 6.88. The molecule has 0 bridgehead atoms. The molecule has 84 valence electrons. The number of nitrogens with zero attached hydrogens (tertiary/aromatic N) is 1. The minimum Gasteiger partial charge on any atom is -0.396 e. The molecule has 0 aliphatic rings. The van der Waals surface area contributed by atoms with Crippen LogP contribution in [0, 0.1) is 0 Å². The van der Waals surface area contributed by atoms with E-state index in [0.29, 0.717) is 0 Å². The molecule has 1 aromatic heterocycles. The van der Waals surface area contributed by atoms with E-state index >= 15 is 0 Å². The first kappa shape index (κ1) is 12.5. The molecule has 1 heterocycles. The highest BCUT2D eigenvalue weighted by molar-refractivity contribution is 8.14. The van der Waals surface area contributed by atoms with Crippen molar-refractivity contribution >= 4 is 45.2 Å². The first-order chi connectivity index (χ1) is 6.64. The summed E-state index contributed by atoms with van der Waals surface area (Å²) in [5, 5.41) is 0. The SMILES string of the molecule is Nc1c(S(=O)(=O)Cl)cncc1S(=O)(=O)Cl. The molecule has 0 aliphatic heterocycles. The number of nitrogens with two attached hydrogens (primary N) is 1. The van der Waals surface area contributed by atoms with Gasteiger partial charge in [-0.3, -0.25) is 4.98 Å². The maximum absolute atomic E-state index is 10.9. The predicted octanol–water partition coefficient (Wildman–Crippen LogP) is 0.519. The van der Waals surface area contributed by atoms with Crippen LogP contribution < -0.4 is 5.73 Å². The lowest BCUT2D eigenvalue weighted by Crippen LogP contribution is -2.05. The molecule has 0 aliphatic carbocycles. The average Bonchev–Trinajstić information content (AvgIpc) is 1.99. The smallest absolute Gasteiger partial charge is 0.264 e. The minimum atomic E-state index is -4.15. The van der Waals surface area contributed by atoms with E-state index in [2.05, 4.69) is 4.98 Å².